The van der Waals surface area contributed by atoms with Crippen molar-refractivity contribution in [2.45, 2.75) is 30.9 Å². The first kappa shape index (κ1) is 11.3. The molecule has 1 fully saturated rings. The van der Waals surface area contributed by atoms with Crippen LogP contribution in [0.3, 0.4) is 0 Å². The molecular formula is C14H19NOS. The molecule has 2 nitrogen and oxygen atoms in total. The quantitative estimate of drug-likeness (QED) is 0.888. The molecule has 1 atom stereocenters. The topological polar surface area (TPSA) is 21.3 Å². The number of benzene rings is 1. The molecule has 0 spiro atoms. The molecule has 0 aromatic heterocycles. The minimum absolute atomic E-state index is 0.703. The fraction of sp³-hybridized carbons (Fsp3) is 0.571. The van der Waals surface area contributed by atoms with Crippen molar-refractivity contribution in [2.24, 2.45) is 0 Å². The molecule has 1 aromatic carbocycles. The maximum atomic E-state index is 6.03. The van der Waals surface area contributed by atoms with Gasteiger partial charge in [0, 0.05) is 23.0 Å². The highest BCUT2D eigenvalue weighted by molar-refractivity contribution is 7.99. The Labute approximate surface area is 107 Å². The maximum Gasteiger partial charge on any atom is 0.124 e. The summed E-state index contributed by atoms with van der Waals surface area (Å²) in [6.07, 6.45) is 5.17. The van der Waals surface area contributed by atoms with E-state index in [1.54, 1.807) is 0 Å². The molecule has 3 heteroatoms. The molecule has 2 aliphatic rings. The van der Waals surface area contributed by atoms with E-state index in [1.807, 2.05) is 0 Å². The summed E-state index contributed by atoms with van der Waals surface area (Å²) >= 11 is 2.08. The lowest BCUT2D eigenvalue weighted by Crippen LogP contribution is -2.18. The second-order valence-electron chi connectivity index (χ2n) is 4.76. The number of hydrogen-bond donors (Lipinski definition) is 1. The number of nitrogens with one attached hydrogen (secondary N) is 1. The predicted octanol–water partition coefficient (Wildman–Crippen LogP) is 3.32. The zero-order valence-electron chi connectivity index (χ0n) is 10.1. The highest BCUT2D eigenvalue weighted by atomic mass is 32.2. The molecule has 3 rings (SSSR count). The third-order valence-corrected chi connectivity index (χ3v) is 4.89. The third-order valence-electron chi connectivity index (χ3n) is 3.52. The van der Waals surface area contributed by atoms with E-state index in [4.69, 9.17) is 4.74 Å². The van der Waals surface area contributed by atoms with Crippen molar-refractivity contribution in [1.82, 2.24) is 0 Å². The summed E-state index contributed by atoms with van der Waals surface area (Å²) < 4.78 is 6.03. The molecule has 0 radical (unpaired) electrons. The molecule has 0 saturated carbocycles. The van der Waals surface area contributed by atoms with E-state index in [0.717, 1.165) is 25.3 Å². The van der Waals surface area contributed by atoms with Gasteiger partial charge >= 0.3 is 0 Å². The first-order chi connectivity index (χ1) is 8.43. The largest absolute Gasteiger partial charge is 0.492 e. The van der Waals surface area contributed by atoms with E-state index in [0.29, 0.717) is 5.25 Å². The van der Waals surface area contributed by atoms with Gasteiger partial charge in [-0.1, -0.05) is 12.5 Å². The Kier molecular flexibility index (Phi) is 3.46. The fourth-order valence-corrected chi connectivity index (χ4v) is 3.77. The third kappa shape index (κ3) is 2.54. The Hall–Kier alpha value is -0.830. The van der Waals surface area contributed by atoms with E-state index in [2.05, 4.69) is 35.3 Å². The summed E-state index contributed by atoms with van der Waals surface area (Å²) in [5.74, 6) is 2.40. The SMILES string of the molecule is c1cc2c(c(OCC3CCCCS3)c1)CCN2. The Balaban J connectivity index is 1.63. The Bertz CT molecular complexity index is 388. The number of anilines is 1. The van der Waals surface area contributed by atoms with Crippen LogP contribution in [0.4, 0.5) is 5.69 Å². The van der Waals surface area contributed by atoms with Crippen molar-refractivity contribution in [1.29, 1.82) is 0 Å². The van der Waals surface area contributed by atoms with Gasteiger partial charge in [0.05, 0.1) is 0 Å². The number of ether oxygens (including phenoxy) is 1. The average molecular weight is 249 g/mol. The highest BCUT2D eigenvalue weighted by Crippen LogP contribution is 2.32. The summed E-state index contributed by atoms with van der Waals surface area (Å²) in [5, 5.41) is 4.10. The van der Waals surface area contributed by atoms with Gasteiger partial charge in [0.25, 0.3) is 0 Å². The zero-order valence-corrected chi connectivity index (χ0v) is 10.9. The molecule has 0 aliphatic carbocycles. The molecule has 2 heterocycles. The van der Waals surface area contributed by atoms with E-state index in [-0.39, 0.29) is 0 Å². The molecule has 1 unspecified atom stereocenters. The van der Waals surface area contributed by atoms with Crippen LogP contribution in [-0.2, 0) is 6.42 Å². The van der Waals surface area contributed by atoms with E-state index in [1.165, 1.54) is 36.3 Å². The minimum Gasteiger partial charge on any atom is -0.492 e. The van der Waals surface area contributed by atoms with Gasteiger partial charge < -0.3 is 10.1 Å². The molecule has 1 aromatic rings. The van der Waals surface area contributed by atoms with Crippen LogP contribution in [0, 0.1) is 0 Å². The van der Waals surface area contributed by atoms with E-state index in [9.17, 15) is 0 Å². The number of hydrogen-bond acceptors (Lipinski definition) is 3. The second-order valence-corrected chi connectivity index (χ2v) is 6.17. The Morgan fingerprint density at radius 2 is 2.35 bits per heavy atom. The van der Waals surface area contributed by atoms with Gasteiger partial charge in [0.2, 0.25) is 0 Å². The van der Waals surface area contributed by atoms with Gasteiger partial charge in [-0.05, 0) is 37.1 Å². The number of thioether (sulfide) groups is 1. The molecule has 0 amide bonds. The summed E-state index contributed by atoms with van der Waals surface area (Å²) in [6.45, 7) is 1.93. The lowest BCUT2D eigenvalue weighted by atomic mass is 10.1. The molecule has 2 aliphatic heterocycles. The van der Waals surface area contributed by atoms with Crippen LogP contribution in [0.2, 0.25) is 0 Å². The van der Waals surface area contributed by atoms with Crippen molar-refractivity contribution in [3.8, 4) is 5.75 Å². The first-order valence-corrected chi connectivity index (χ1v) is 7.58. The van der Waals surface area contributed by atoms with Gasteiger partial charge in [0.1, 0.15) is 12.4 Å². The Morgan fingerprint density at radius 3 is 3.24 bits per heavy atom. The monoisotopic (exact) mass is 249 g/mol. The molecule has 1 saturated heterocycles. The first-order valence-electron chi connectivity index (χ1n) is 6.53. The Morgan fingerprint density at radius 1 is 1.35 bits per heavy atom. The lowest BCUT2D eigenvalue weighted by molar-refractivity contribution is 0.307. The smallest absolute Gasteiger partial charge is 0.124 e. The summed E-state index contributed by atoms with van der Waals surface area (Å²) in [5.41, 5.74) is 2.63. The van der Waals surface area contributed by atoms with E-state index < -0.39 is 0 Å². The van der Waals surface area contributed by atoms with Crippen LogP contribution in [0.25, 0.3) is 0 Å². The van der Waals surface area contributed by atoms with Gasteiger partial charge in [-0.3, -0.25) is 0 Å². The summed E-state index contributed by atoms with van der Waals surface area (Å²) in [4.78, 5) is 0. The van der Waals surface area contributed by atoms with Crippen LogP contribution in [0.15, 0.2) is 18.2 Å². The van der Waals surface area contributed by atoms with Crippen molar-refractivity contribution in [2.75, 3.05) is 24.2 Å². The van der Waals surface area contributed by atoms with Crippen LogP contribution >= 0.6 is 11.8 Å². The molecule has 92 valence electrons. The van der Waals surface area contributed by atoms with Gasteiger partial charge in [0.15, 0.2) is 0 Å². The highest BCUT2D eigenvalue weighted by Gasteiger charge is 2.18. The van der Waals surface area contributed by atoms with Gasteiger partial charge in [-0.2, -0.15) is 11.8 Å². The molecular weight excluding hydrogens is 230 g/mol. The van der Waals surface area contributed by atoms with Crippen LogP contribution in [0.5, 0.6) is 5.75 Å². The number of rotatable bonds is 3. The van der Waals surface area contributed by atoms with Crippen molar-refractivity contribution >= 4 is 17.4 Å². The normalized spacial score (nSPS) is 22.9. The predicted molar refractivity (Wildman–Crippen MR) is 74.2 cm³/mol. The van der Waals surface area contributed by atoms with Crippen LogP contribution in [0.1, 0.15) is 24.8 Å². The van der Waals surface area contributed by atoms with Gasteiger partial charge in [-0.25, -0.2) is 0 Å². The molecule has 1 N–H and O–H groups in total. The van der Waals surface area contributed by atoms with Crippen molar-refractivity contribution in [3.05, 3.63) is 23.8 Å². The zero-order chi connectivity index (χ0) is 11.5. The summed E-state index contributed by atoms with van der Waals surface area (Å²) in [7, 11) is 0. The van der Waals surface area contributed by atoms with Crippen molar-refractivity contribution < 1.29 is 4.74 Å². The lowest BCUT2D eigenvalue weighted by Gasteiger charge is -2.22. The van der Waals surface area contributed by atoms with Crippen LogP contribution < -0.4 is 10.1 Å². The minimum atomic E-state index is 0.703. The maximum absolute atomic E-state index is 6.03. The number of fused-ring (bicyclic) bond motifs is 1. The fourth-order valence-electron chi connectivity index (χ4n) is 2.57. The summed E-state index contributed by atoms with van der Waals surface area (Å²) in [6, 6.07) is 6.34. The van der Waals surface area contributed by atoms with E-state index >= 15 is 0 Å². The average Bonchev–Trinajstić information content (AvgIpc) is 2.86. The standard InChI is InChI=1S/C14H19NOS/c1-2-9-17-11(4-1)10-16-14-6-3-5-13-12(14)7-8-15-13/h3,5-6,11,15H,1-2,4,7-10H2. The molecule has 0 bridgehead atoms. The van der Waals surface area contributed by atoms with Crippen LogP contribution in [-0.4, -0.2) is 24.2 Å². The van der Waals surface area contributed by atoms with Crippen molar-refractivity contribution in [3.63, 3.8) is 0 Å². The molecule has 17 heavy (non-hydrogen) atoms. The second kappa shape index (κ2) is 5.21. The van der Waals surface area contributed by atoms with Gasteiger partial charge in [-0.15, -0.1) is 0 Å².